The van der Waals surface area contributed by atoms with E-state index in [0.717, 1.165) is 25.9 Å². The number of aromatic nitrogens is 1. The van der Waals surface area contributed by atoms with Gasteiger partial charge in [0, 0.05) is 18.8 Å². The number of aliphatic hydroxyl groups is 2. The first-order valence-corrected chi connectivity index (χ1v) is 6.67. The third-order valence-corrected chi connectivity index (χ3v) is 3.42. The van der Waals surface area contributed by atoms with E-state index in [-0.39, 0.29) is 19.1 Å². The van der Waals surface area contributed by atoms with Crippen LogP contribution in [0, 0.1) is 0 Å². The Bertz CT molecular complexity index is 413. The van der Waals surface area contributed by atoms with Gasteiger partial charge in [0.2, 0.25) is 0 Å². The van der Waals surface area contributed by atoms with Gasteiger partial charge in [-0.2, -0.15) is 0 Å². The van der Waals surface area contributed by atoms with Crippen molar-refractivity contribution in [2.24, 2.45) is 0 Å². The Labute approximate surface area is 112 Å². The molecule has 1 aliphatic heterocycles. The number of piperidine rings is 1. The van der Waals surface area contributed by atoms with E-state index in [2.05, 4.69) is 10.6 Å². The van der Waals surface area contributed by atoms with E-state index in [1.54, 1.807) is 6.07 Å². The second-order valence-electron chi connectivity index (χ2n) is 4.83. The van der Waals surface area contributed by atoms with E-state index in [9.17, 15) is 9.90 Å². The van der Waals surface area contributed by atoms with Crippen molar-refractivity contribution in [3.8, 4) is 0 Å². The molecule has 1 fully saturated rings. The molecule has 0 bridgehead atoms. The number of hydrogen-bond donors (Lipinski definition) is 4. The number of nitrogens with one attached hydrogen (secondary N) is 2. The molecule has 1 aromatic heterocycles. The lowest BCUT2D eigenvalue weighted by Gasteiger charge is -2.26. The van der Waals surface area contributed by atoms with Crippen LogP contribution < -0.4 is 10.6 Å². The van der Waals surface area contributed by atoms with E-state index in [1.165, 1.54) is 0 Å². The van der Waals surface area contributed by atoms with Gasteiger partial charge >= 0.3 is 0 Å². The van der Waals surface area contributed by atoms with Crippen molar-refractivity contribution < 1.29 is 15.0 Å². The van der Waals surface area contributed by atoms with Crippen LogP contribution in [0.15, 0.2) is 18.3 Å². The molecule has 2 rings (SSSR count). The number of hydrogen-bond acceptors (Lipinski definition) is 4. The van der Waals surface area contributed by atoms with Gasteiger partial charge in [-0.05, 0) is 38.1 Å². The maximum absolute atomic E-state index is 12.0. The van der Waals surface area contributed by atoms with Gasteiger partial charge in [0.1, 0.15) is 5.69 Å². The maximum atomic E-state index is 12.0. The summed E-state index contributed by atoms with van der Waals surface area (Å²) in [6, 6.07) is 3.99. The zero-order valence-corrected chi connectivity index (χ0v) is 10.9. The number of carbonyl (C=O) groups excluding carboxylic acids is 1. The van der Waals surface area contributed by atoms with Crippen molar-refractivity contribution in [2.45, 2.75) is 25.0 Å². The summed E-state index contributed by atoms with van der Waals surface area (Å²) in [4.78, 5) is 12.0. The fraction of sp³-hybridized carbons (Fsp3) is 0.615. The van der Waals surface area contributed by atoms with Crippen molar-refractivity contribution in [3.63, 3.8) is 0 Å². The second-order valence-corrected chi connectivity index (χ2v) is 4.83. The molecule has 0 aliphatic carbocycles. The maximum Gasteiger partial charge on any atom is 0.268 e. The smallest absolute Gasteiger partial charge is 0.268 e. The quantitative estimate of drug-likeness (QED) is 0.579. The largest absolute Gasteiger partial charge is 0.394 e. The molecule has 1 unspecified atom stereocenters. The number of amides is 1. The topological polar surface area (TPSA) is 86.5 Å². The minimum atomic E-state index is -0.911. The van der Waals surface area contributed by atoms with E-state index in [4.69, 9.17) is 5.11 Å². The molecular formula is C13H21N3O3. The summed E-state index contributed by atoms with van der Waals surface area (Å²) in [5.41, 5.74) is 0.608. The molecule has 4 N–H and O–H groups in total. The highest BCUT2D eigenvalue weighted by atomic mass is 16.3. The second kappa shape index (κ2) is 6.70. The molecule has 0 radical (unpaired) electrons. The Balaban J connectivity index is 1.99. The van der Waals surface area contributed by atoms with E-state index >= 15 is 0 Å². The molecule has 1 atom stereocenters. The van der Waals surface area contributed by atoms with Gasteiger partial charge in [0.25, 0.3) is 5.91 Å². The lowest BCUT2D eigenvalue weighted by Crippen LogP contribution is -2.36. The van der Waals surface area contributed by atoms with Crippen molar-refractivity contribution in [3.05, 3.63) is 24.0 Å². The summed E-state index contributed by atoms with van der Waals surface area (Å²) in [5, 5.41) is 23.9. The predicted molar refractivity (Wildman–Crippen MR) is 71.0 cm³/mol. The van der Waals surface area contributed by atoms with Crippen molar-refractivity contribution in [1.29, 1.82) is 0 Å². The van der Waals surface area contributed by atoms with Gasteiger partial charge in [0.05, 0.1) is 12.7 Å². The number of rotatable bonds is 5. The van der Waals surface area contributed by atoms with Crippen molar-refractivity contribution in [1.82, 2.24) is 15.2 Å². The fourth-order valence-electron chi connectivity index (χ4n) is 2.36. The van der Waals surface area contributed by atoms with Gasteiger partial charge in [-0.15, -0.1) is 0 Å². The minimum Gasteiger partial charge on any atom is -0.394 e. The first-order chi connectivity index (χ1) is 9.22. The average molecular weight is 267 g/mol. The lowest BCUT2D eigenvalue weighted by atomic mass is 10.1. The summed E-state index contributed by atoms with van der Waals surface area (Å²) in [6.45, 7) is 1.64. The molecule has 1 saturated heterocycles. The van der Waals surface area contributed by atoms with E-state index in [1.807, 2.05) is 16.8 Å². The van der Waals surface area contributed by atoms with Gasteiger partial charge in [-0.3, -0.25) is 4.79 Å². The Kier molecular flexibility index (Phi) is 4.95. The van der Waals surface area contributed by atoms with Crippen LogP contribution >= 0.6 is 0 Å². The Morgan fingerprint density at radius 2 is 2.26 bits per heavy atom. The average Bonchev–Trinajstić information content (AvgIpc) is 2.94. The molecule has 1 amide bonds. The summed E-state index contributed by atoms with van der Waals surface area (Å²) in [5.74, 6) is -0.212. The normalized spacial score (nSPS) is 18.2. The zero-order valence-electron chi connectivity index (χ0n) is 10.9. The molecule has 19 heavy (non-hydrogen) atoms. The predicted octanol–water partition coefficient (Wildman–Crippen LogP) is -0.504. The lowest BCUT2D eigenvalue weighted by molar-refractivity contribution is 0.0794. The van der Waals surface area contributed by atoms with Gasteiger partial charge in [-0.25, -0.2) is 0 Å². The summed E-state index contributed by atoms with van der Waals surface area (Å²) in [7, 11) is 0. The molecule has 106 valence electrons. The van der Waals surface area contributed by atoms with Gasteiger partial charge in [-0.1, -0.05) is 0 Å². The highest BCUT2D eigenvalue weighted by Crippen LogP contribution is 2.21. The molecule has 2 heterocycles. The molecule has 6 heteroatoms. The zero-order chi connectivity index (χ0) is 13.7. The first-order valence-electron chi connectivity index (χ1n) is 6.67. The number of aliphatic hydroxyl groups excluding tert-OH is 2. The fourth-order valence-corrected chi connectivity index (χ4v) is 2.36. The van der Waals surface area contributed by atoms with Crippen LogP contribution in [0.1, 0.15) is 29.4 Å². The molecule has 0 aromatic carbocycles. The molecule has 1 aromatic rings. The van der Waals surface area contributed by atoms with Crippen LogP contribution in [0.25, 0.3) is 0 Å². The highest BCUT2D eigenvalue weighted by molar-refractivity contribution is 5.92. The van der Waals surface area contributed by atoms with Crippen LogP contribution in [-0.4, -0.2) is 53.0 Å². The first kappa shape index (κ1) is 14.0. The van der Waals surface area contributed by atoms with Gasteiger partial charge < -0.3 is 25.4 Å². The van der Waals surface area contributed by atoms with Crippen LogP contribution in [0.5, 0.6) is 0 Å². The van der Waals surface area contributed by atoms with Crippen molar-refractivity contribution in [2.75, 3.05) is 26.2 Å². The number of carbonyl (C=O) groups is 1. The highest BCUT2D eigenvalue weighted by Gasteiger charge is 2.20. The van der Waals surface area contributed by atoms with Crippen LogP contribution in [-0.2, 0) is 0 Å². The van der Waals surface area contributed by atoms with Crippen LogP contribution in [0.3, 0.4) is 0 Å². The van der Waals surface area contributed by atoms with Crippen molar-refractivity contribution >= 4 is 5.91 Å². The Hall–Kier alpha value is -1.37. The Morgan fingerprint density at radius 1 is 1.53 bits per heavy atom. The van der Waals surface area contributed by atoms with E-state index in [0.29, 0.717) is 11.7 Å². The standard InChI is InChI=1S/C13H21N3O3/c17-9-11(18)8-15-13(19)12-2-1-7-16(12)10-3-5-14-6-4-10/h1-2,7,10-11,14,17-18H,3-6,8-9H2,(H,15,19). The number of nitrogens with zero attached hydrogens (tertiary/aromatic N) is 1. The summed E-state index contributed by atoms with van der Waals surface area (Å²) in [6.07, 6.45) is 3.03. The molecule has 0 saturated carbocycles. The van der Waals surface area contributed by atoms with Gasteiger partial charge in [0.15, 0.2) is 0 Å². The minimum absolute atomic E-state index is 0.0622. The third kappa shape index (κ3) is 3.56. The summed E-state index contributed by atoms with van der Waals surface area (Å²) < 4.78 is 2.00. The molecular weight excluding hydrogens is 246 g/mol. The molecule has 1 aliphatic rings. The Morgan fingerprint density at radius 3 is 2.95 bits per heavy atom. The van der Waals surface area contributed by atoms with E-state index < -0.39 is 6.10 Å². The third-order valence-electron chi connectivity index (χ3n) is 3.42. The summed E-state index contributed by atoms with van der Waals surface area (Å²) >= 11 is 0. The SMILES string of the molecule is O=C(NCC(O)CO)c1cccn1C1CCNCC1. The molecule has 6 nitrogen and oxygen atoms in total. The molecule has 0 spiro atoms. The monoisotopic (exact) mass is 267 g/mol. The van der Waals surface area contributed by atoms with Crippen LogP contribution in [0.4, 0.5) is 0 Å². The van der Waals surface area contributed by atoms with Crippen LogP contribution in [0.2, 0.25) is 0 Å².